The van der Waals surface area contributed by atoms with Gasteiger partial charge < -0.3 is 48.2 Å². The fraction of sp³-hybridized carbons (Fsp3) is 0.373. The van der Waals surface area contributed by atoms with Gasteiger partial charge in [0.05, 0.1) is 87.2 Å². The van der Waals surface area contributed by atoms with Crippen LogP contribution < -0.4 is 29.3 Å². The minimum absolute atomic E-state index is 0.0111. The van der Waals surface area contributed by atoms with Crippen molar-refractivity contribution in [2.75, 3.05) is 61.7 Å². The molecule has 1 aliphatic heterocycles. The first-order chi connectivity index (χ1) is 43.4. The average molecular weight is 1430 g/mol. The number of halogens is 10. The normalized spacial score (nSPS) is 13.9. The highest BCUT2D eigenvalue weighted by atomic mass is 35.5. The molecule has 2 amide bonds. The van der Waals surface area contributed by atoms with Gasteiger partial charge in [0.15, 0.2) is 26.2 Å². The van der Waals surface area contributed by atoms with Crippen molar-refractivity contribution in [3.05, 3.63) is 158 Å². The van der Waals surface area contributed by atoms with Crippen molar-refractivity contribution in [2.24, 2.45) is 0 Å². The zero-order valence-electron chi connectivity index (χ0n) is 50.5. The van der Waals surface area contributed by atoms with E-state index in [1.54, 1.807) is 23.8 Å². The Morgan fingerprint density at radius 3 is 2.10 bits per heavy atom. The number of anilines is 2. The number of carbonyl (C=O) groups is 4. The van der Waals surface area contributed by atoms with Gasteiger partial charge in [0.2, 0.25) is 11.7 Å². The third-order valence-corrected chi connectivity index (χ3v) is 15.6. The number of nitro benzene ring substituents is 1. The molecule has 2 heterocycles. The fourth-order valence-electron chi connectivity index (χ4n) is 8.63. The summed E-state index contributed by atoms with van der Waals surface area (Å²) in [7, 11) is -6.50. The van der Waals surface area contributed by atoms with E-state index in [1.165, 1.54) is 24.4 Å². The Labute approximate surface area is 550 Å². The molecule has 93 heavy (non-hydrogen) atoms. The van der Waals surface area contributed by atoms with Gasteiger partial charge in [-0.1, -0.05) is 77.2 Å². The van der Waals surface area contributed by atoms with Gasteiger partial charge in [0.1, 0.15) is 29.7 Å². The van der Waals surface area contributed by atoms with Gasteiger partial charge in [-0.15, -0.1) is 11.6 Å². The number of sulfone groups is 1. The second kappa shape index (κ2) is 34.9. The lowest BCUT2D eigenvalue weighted by molar-refractivity contribution is -0.385. The molecule has 8 rings (SSSR count). The highest BCUT2D eigenvalue weighted by molar-refractivity contribution is 7.90. The number of carboxylic acid groups (broad SMARTS) is 1. The van der Waals surface area contributed by atoms with Crippen LogP contribution in [0.3, 0.4) is 0 Å². The number of ether oxygens (including phenoxy) is 4. The van der Waals surface area contributed by atoms with Crippen LogP contribution >= 0.6 is 54.0 Å². The number of hydrogen-bond donors (Lipinski definition) is 4. The number of nitro groups is 1. The van der Waals surface area contributed by atoms with Gasteiger partial charge in [-0.05, 0) is 113 Å². The molecule has 0 saturated heterocycles. The van der Waals surface area contributed by atoms with E-state index in [0.29, 0.717) is 36.9 Å². The summed E-state index contributed by atoms with van der Waals surface area (Å²) >= 11 is 22.8. The standard InChI is InChI=1S/C15H11ClF3NO4.C15H22ClNO2.C15H12F3NO4S.C11H11Cl2NO2.C3H8NO5P/c1-2-23-14-8-10(4-5-12(14)20(21)22)24-13-6-3-9(7-11(13)16)15(17,18)19;1-5-13-8-6-7-11(2)15(13)17(14(18)9-16)12(3)10-19-4;1-24(21,22)12-6-9(15(16,17)18)4-5-10(12)13(20)11-7-19-23-14(11)8-2-3-8;1-7-6-16-9-5-3-2-4-8(9)14(7)11(15)10(12)13;5-3(6)1-4-2-10(7,8)9/h3-8H,2H2,1H3;6-8,12H,5,9-10H2,1-4H3;4-8H,2-3H2,1H3;2-5,7,10H,6H2,1H3;4H,1-2H2,(H,5,6)(H2,7,8,9). The quantitative estimate of drug-likeness (QED) is 0.0138. The SMILES string of the molecule is CC1COc2ccccc2N1C(=O)C(Cl)Cl.CCOc1cc(Oc2ccc(C(F)(F)F)cc2Cl)ccc1[N+](=O)[O-].CCc1cccc(C)c1N(C(=O)CCl)C(C)COC.CS(=O)(=O)c1cc(C(F)(F)F)ccc1C(=O)c1cnoc1C1CC1.O=C(O)CNCP(=O)(O)O. The summed E-state index contributed by atoms with van der Waals surface area (Å²) in [6, 6.07) is 21.8. The predicted octanol–water partition coefficient (Wildman–Crippen LogP) is 13.2. The summed E-state index contributed by atoms with van der Waals surface area (Å²) < 4.78 is 136. The van der Waals surface area contributed by atoms with Crippen LogP contribution in [0, 0.1) is 17.0 Å². The number of alkyl halides is 9. The number of aliphatic carboxylic acids is 1. The van der Waals surface area contributed by atoms with Gasteiger partial charge in [-0.2, -0.15) is 26.3 Å². The number of ketones is 1. The molecule has 2 atom stereocenters. The highest BCUT2D eigenvalue weighted by Gasteiger charge is 2.37. The summed E-state index contributed by atoms with van der Waals surface area (Å²) in [5.74, 6) is -1.09. The number of benzene rings is 5. The summed E-state index contributed by atoms with van der Waals surface area (Å²) in [5.41, 5.74) is 1.41. The molecule has 508 valence electrons. The minimum atomic E-state index is -4.71. The van der Waals surface area contributed by atoms with Gasteiger partial charge in [-0.25, -0.2) is 8.42 Å². The van der Waals surface area contributed by atoms with Crippen LogP contribution in [-0.2, 0) is 52.3 Å². The molecule has 1 saturated carbocycles. The van der Waals surface area contributed by atoms with Crippen LogP contribution in [0.15, 0.2) is 113 Å². The number of rotatable bonds is 20. The van der Waals surface area contributed by atoms with E-state index in [4.69, 9.17) is 84.8 Å². The van der Waals surface area contributed by atoms with Gasteiger partial charge in [0, 0.05) is 37.0 Å². The molecule has 1 aromatic heterocycles. The molecular formula is C59H64Cl4F6N5O17PS. The predicted molar refractivity (Wildman–Crippen MR) is 334 cm³/mol. The summed E-state index contributed by atoms with van der Waals surface area (Å²) in [6.45, 7) is 10.3. The van der Waals surface area contributed by atoms with E-state index in [-0.39, 0.29) is 81.4 Å². The van der Waals surface area contributed by atoms with Gasteiger partial charge in [-0.3, -0.25) is 39.2 Å². The van der Waals surface area contributed by atoms with Crippen LogP contribution in [0.1, 0.15) is 90.4 Å². The molecule has 5 aromatic carbocycles. The van der Waals surface area contributed by atoms with Crippen molar-refractivity contribution in [1.82, 2.24) is 10.5 Å². The maximum atomic E-state index is 12.8. The van der Waals surface area contributed by atoms with E-state index < -0.39 is 80.2 Å². The van der Waals surface area contributed by atoms with E-state index in [2.05, 4.69) is 23.5 Å². The smallest absolute Gasteiger partial charge is 0.416 e. The largest absolute Gasteiger partial charge is 0.489 e. The minimum Gasteiger partial charge on any atom is -0.489 e. The molecule has 22 nitrogen and oxygen atoms in total. The number of aromatic nitrogens is 1. The third-order valence-electron chi connectivity index (χ3n) is 12.9. The molecule has 0 radical (unpaired) electrons. The van der Waals surface area contributed by atoms with Crippen molar-refractivity contribution < 1.29 is 102 Å². The topological polar surface area (TPSA) is 305 Å². The van der Waals surface area contributed by atoms with E-state index >= 15 is 0 Å². The molecule has 2 unspecified atom stereocenters. The zero-order chi connectivity index (χ0) is 69.9. The van der Waals surface area contributed by atoms with Crippen LogP contribution in [0.5, 0.6) is 23.0 Å². The number of aryl methyl sites for hydroxylation is 2. The molecule has 2 aliphatic rings. The second-order valence-electron chi connectivity index (χ2n) is 20.2. The Morgan fingerprint density at radius 1 is 0.925 bits per heavy atom. The van der Waals surface area contributed by atoms with E-state index in [0.717, 1.165) is 72.3 Å². The highest BCUT2D eigenvalue weighted by Crippen LogP contribution is 2.43. The number of nitrogens with one attached hydrogen (secondary N) is 1. The van der Waals surface area contributed by atoms with Crippen molar-refractivity contribution in [2.45, 2.75) is 94.0 Å². The number of carboxylic acids is 1. The molecule has 4 N–H and O–H groups in total. The number of carbonyl (C=O) groups excluding carboxylic acids is 3. The third kappa shape index (κ3) is 23.4. The number of fused-ring (bicyclic) bond motifs is 1. The van der Waals surface area contributed by atoms with Crippen LogP contribution in [0.2, 0.25) is 5.02 Å². The Morgan fingerprint density at radius 2 is 1.56 bits per heavy atom. The molecule has 1 fully saturated rings. The van der Waals surface area contributed by atoms with Crippen LogP contribution in [0.4, 0.5) is 43.4 Å². The maximum absolute atomic E-state index is 12.8. The van der Waals surface area contributed by atoms with E-state index in [1.807, 2.05) is 57.2 Å². The monoisotopic (exact) mass is 1430 g/mol. The maximum Gasteiger partial charge on any atom is 0.416 e. The Bertz CT molecular complexity index is 3750. The fourth-order valence-corrected chi connectivity index (χ4v) is 10.5. The lowest BCUT2D eigenvalue weighted by Gasteiger charge is -2.35. The van der Waals surface area contributed by atoms with Crippen LogP contribution in [-0.4, -0.2) is 126 Å². The zero-order valence-corrected chi connectivity index (χ0v) is 55.2. The molecule has 0 bridgehead atoms. The first kappa shape index (κ1) is 78.4. The summed E-state index contributed by atoms with van der Waals surface area (Å²) in [6.07, 6.45) is -5.38. The van der Waals surface area contributed by atoms with Crippen molar-refractivity contribution in [3.8, 4) is 23.0 Å². The average Bonchev–Trinajstić information content (AvgIpc) is 1.77. The van der Waals surface area contributed by atoms with Gasteiger partial charge >= 0.3 is 31.6 Å². The first-order valence-electron chi connectivity index (χ1n) is 27.5. The Kier molecular flexibility index (Phi) is 29.4. The molecule has 0 spiro atoms. The number of hydrogen-bond acceptors (Lipinski definition) is 16. The number of methoxy groups -OCH3 is 1. The molecule has 1 aliphatic carbocycles. The Balaban J connectivity index is 0.000000254. The van der Waals surface area contributed by atoms with Crippen molar-refractivity contribution in [3.63, 3.8) is 0 Å². The van der Waals surface area contributed by atoms with Crippen LogP contribution in [0.25, 0.3) is 0 Å². The lowest BCUT2D eigenvalue weighted by Crippen LogP contribution is -2.47. The van der Waals surface area contributed by atoms with E-state index in [9.17, 15) is 68.6 Å². The first-order valence-corrected chi connectivity index (χ1v) is 33.0. The summed E-state index contributed by atoms with van der Waals surface area (Å²) in [5, 5.41) is 24.3. The van der Waals surface area contributed by atoms with Crippen molar-refractivity contribution in [1.29, 1.82) is 0 Å². The molecular weight excluding hydrogens is 1370 g/mol. The lowest BCUT2D eigenvalue weighted by atomic mass is 10.0. The Hall–Kier alpha value is -7.05. The summed E-state index contributed by atoms with van der Waals surface area (Å²) in [4.78, 5) is 74.8. The number of amides is 2. The second-order valence-corrected chi connectivity index (χ2v) is 25.6. The van der Waals surface area contributed by atoms with Crippen molar-refractivity contribution >= 4 is 104 Å². The van der Waals surface area contributed by atoms with Gasteiger partial charge in [0.25, 0.3) is 5.91 Å². The molecule has 6 aromatic rings. The number of nitrogens with zero attached hydrogens (tertiary/aromatic N) is 4. The number of para-hydroxylation sites is 3. The molecule has 34 heteroatoms.